The summed E-state index contributed by atoms with van der Waals surface area (Å²) in [5, 5.41) is 2.14. The van der Waals surface area contributed by atoms with E-state index in [2.05, 4.69) is 61.7 Å². The number of aryl methyl sites for hydroxylation is 1. The molecule has 0 fully saturated rings. The van der Waals surface area contributed by atoms with Crippen molar-refractivity contribution in [1.29, 1.82) is 0 Å². The van der Waals surface area contributed by atoms with Crippen LogP contribution in [0.4, 0.5) is 0 Å². The van der Waals surface area contributed by atoms with Gasteiger partial charge in [-0.05, 0) is 42.7 Å². The molecule has 1 nitrogen and oxygen atoms in total. The van der Waals surface area contributed by atoms with Gasteiger partial charge in [-0.15, -0.1) is 11.3 Å². The van der Waals surface area contributed by atoms with E-state index in [9.17, 15) is 0 Å². The Labute approximate surface area is 126 Å². The summed E-state index contributed by atoms with van der Waals surface area (Å²) in [4.78, 5) is 1.44. The Bertz CT molecular complexity index is 485. The number of thiophene rings is 1. The molecule has 1 atom stereocenters. The SMILES string of the molecule is CCC(CC)(c1ccccc1)C(N)CCc1cccs1. The van der Waals surface area contributed by atoms with Gasteiger partial charge in [0.25, 0.3) is 0 Å². The highest BCUT2D eigenvalue weighted by Gasteiger charge is 2.34. The molecule has 0 saturated heterocycles. The number of rotatable bonds is 7. The Kier molecular flexibility index (Phi) is 5.38. The van der Waals surface area contributed by atoms with Crippen LogP contribution in [0.15, 0.2) is 47.8 Å². The lowest BCUT2D eigenvalue weighted by molar-refractivity contribution is 0.304. The summed E-state index contributed by atoms with van der Waals surface area (Å²) in [6.45, 7) is 4.53. The van der Waals surface area contributed by atoms with Crippen molar-refractivity contribution in [1.82, 2.24) is 0 Å². The van der Waals surface area contributed by atoms with E-state index in [0.29, 0.717) is 0 Å². The number of nitrogens with two attached hydrogens (primary N) is 1. The molecule has 1 aromatic carbocycles. The lowest BCUT2D eigenvalue weighted by Gasteiger charge is -2.38. The van der Waals surface area contributed by atoms with E-state index in [0.717, 1.165) is 25.7 Å². The van der Waals surface area contributed by atoms with Crippen molar-refractivity contribution < 1.29 is 0 Å². The van der Waals surface area contributed by atoms with E-state index in [1.165, 1.54) is 10.4 Å². The van der Waals surface area contributed by atoms with E-state index in [-0.39, 0.29) is 11.5 Å². The minimum atomic E-state index is 0.110. The zero-order valence-electron chi connectivity index (χ0n) is 12.5. The summed E-state index contributed by atoms with van der Waals surface area (Å²) in [5.41, 5.74) is 8.13. The summed E-state index contributed by atoms with van der Waals surface area (Å²) in [7, 11) is 0. The molecule has 2 aromatic rings. The number of hydrogen-bond acceptors (Lipinski definition) is 2. The quantitative estimate of drug-likeness (QED) is 0.780. The van der Waals surface area contributed by atoms with E-state index < -0.39 is 0 Å². The van der Waals surface area contributed by atoms with Crippen molar-refractivity contribution in [2.45, 2.75) is 51.0 Å². The molecule has 0 aliphatic rings. The molecule has 1 aromatic heterocycles. The first kappa shape index (κ1) is 15.3. The van der Waals surface area contributed by atoms with Crippen LogP contribution in [0.3, 0.4) is 0 Å². The fraction of sp³-hybridized carbons (Fsp3) is 0.444. The molecule has 0 aliphatic heterocycles. The molecule has 20 heavy (non-hydrogen) atoms. The third kappa shape index (κ3) is 3.13. The van der Waals surface area contributed by atoms with Crippen LogP contribution in [-0.2, 0) is 11.8 Å². The average molecular weight is 287 g/mol. The Morgan fingerprint density at radius 3 is 2.30 bits per heavy atom. The summed E-state index contributed by atoms with van der Waals surface area (Å²) in [5.74, 6) is 0. The molecule has 0 aliphatic carbocycles. The third-order valence-corrected chi connectivity index (χ3v) is 5.54. The van der Waals surface area contributed by atoms with E-state index in [4.69, 9.17) is 5.73 Å². The lowest BCUT2D eigenvalue weighted by atomic mass is 9.69. The Balaban J connectivity index is 2.15. The van der Waals surface area contributed by atoms with Crippen LogP contribution < -0.4 is 5.73 Å². The zero-order chi connectivity index (χ0) is 14.4. The van der Waals surface area contributed by atoms with E-state index >= 15 is 0 Å². The maximum atomic E-state index is 6.63. The van der Waals surface area contributed by atoms with Crippen molar-refractivity contribution in [2.24, 2.45) is 5.73 Å². The summed E-state index contributed by atoms with van der Waals surface area (Å²) < 4.78 is 0. The molecule has 0 saturated carbocycles. The van der Waals surface area contributed by atoms with Crippen LogP contribution >= 0.6 is 11.3 Å². The van der Waals surface area contributed by atoms with Gasteiger partial charge < -0.3 is 5.73 Å². The van der Waals surface area contributed by atoms with Gasteiger partial charge in [0.2, 0.25) is 0 Å². The largest absolute Gasteiger partial charge is 0.327 e. The smallest absolute Gasteiger partial charge is 0.0139 e. The molecule has 2 N–H and O–H groups in total. The molecule has 0 radical (unpaired) electrons. The predicted molar refractivity (Wildman–Crippen MR) is 89.3 cm³/mol. The first-order chi connectivity index (χ1) is 9.73. The highest BCUT2D eigenvalue weighted by molar-refractivity contribution is 7.09. The van der Waals surface area contributed by atoms with Crippen LogP contribution in [0, 0.1) is 0 Å². The van der Waals surface area contributed by atoms with Crippen molar-refractivity contribution >= 4 is 11.3 Å². The maximum Gasteiger partial charge on any atom is 0.0139 e. The zero-order valence-corrected chi connectivity index (χ0v) is 13.3. The molecular weight excluding hydrogens is 262 g/mol. The molecule has 108 valence electrons. The van der Waals surface area contributed by atoms with Crippen LogP contribution in [0.5, 0.6) is 0 Å². The molecule has 2 heteroatoms. The maximum absolute atomic E-state index is 6.63. The molecular formula is C18H25NS. The van der Waals surface area contributed by atoms with E-state index in [1.807, 2.05) is 11.3 Å². The second-order valence-electron chi connectivity index (χ2n) is 5.45. The van der Waals surface area contributed by atoms with Gasteiger partial charge >= 0.3 is 0 Å². The molecule has 0 amide bonds. The van der Waals surface area contributed by atoms with Gasteiger partial charge in [0.05, 0.1) is 0 Å². The predicted octanol–water partition coefficient (Wildman–Crippen LogP) is 4.77. The second kappa shape index (κ2) is 7.05. The second-order valence-corrected chi connectivity index (χ2v) is 6.49. The highest BCUT2D eigenvalue weighted by atomic mass is 32.1. The van der Waals surface area contributed by atoms with Crippen molar-refractivity contribution in [3.05, 3.63) is 58.3 Å². The fourth-order valence-electron chi connectivity index (χ4n) is 3.20. The van der Waals surface area contributed by atoms with Gasteiger partial charge in [-0.2, -0.15) is 0 Å². The molecule has 2 rings (SSSR count). The average Bonchev–Trinajstić information content (AvgIpc) is 3.01. The minimum Gasteiger partial charge on any atom is -0.327 e. The monoisotopic (exact) mass is 287 g/mol. The van der Waals surface area contributed by atoms with Crippen molar-refractivity contribution in [2.75, 3.05) is 0 Å². The van der Waals surface area contributed by atoms with Crippen molar-refractivity contribution in [3.63, 3.8) is 0 Å². The normalized spacial score (nSPS) is 13.3. The number of hydrogen-bond donors (Lipinski definition) is 1. The van der Waals surface area contributed by atoms with Gasteiger partial charge in [-0.1, -0.05) is 50.2 Å². The lowest BCUT2D eigenvalue weighted by Crippen LogP contribution is -2.45. The minimum absolute atomic E-state index is 0.110. The third-order valence-electron chi connectivity index (χ3n) is 4.60. The van der Waals surface area contributed by atoms with Crippen LogP contribution in [0.25, 0.3) is 0 Å². The van der Waals surface area contributed by atoms with Gasteiger partial charge in [0.1, 0.15) is 0 Å². The van der Waals surface area contributed by atoms with Gasteiger partial charge in [0.15, 0.2) is 0 Å². The van der Waals surface area contributed by atoms with Gasteiger partial charge in [0, 0.05) is 16.3 Å². The summed E-state index contributed by atoms with van der Waals surface area (Å²) in [6, 6.07) is 15.3. The highest BCUT2D eigenvalue weighted by Crippen LogP contribution is 2.36. The summed E-state index contributed by atoms with van der Waals surface area (Å²) in [6.07, 6.45) is 4.34. The van der Waals surface area contributed by atoms with Gasteiger partial charge in [-0.3, -0.25) is 0 Å². The van der Waals surface area contributed by atoms with E-state index in [1.54, 1.807) is 0 Å². The fourth-order valence-corrected chi connectivity index (χ4v) is 3.92. The molecule has 0 bridgehead atoms. The first-order valence-electron chi connectivity index (χ1n) is 7.56. The van der Waals surface area contributed by atoms with Crippen molar-refractivity contribution in [3.8, 4) is 0 Å². The van der Waals surface area contributed by atoms with Crippen LogP contribution in [-0.4, -0.2) is 6.04 Å². The molecule has 1 heterocycles. The first-order valence-corrected chi connectivity index (χ1v) is 8.44. The molecule has 1 unspecified atom stereocenters. The Hall–Kier alpha value is -1.12. The number of benzene rings is 1. The standard InChI is InChI=1S/C18H25NS/c1-3-18(4-2,15-9-6-5-7-10-15)17(19)13-12-16-11-8-14-20-16/h5-11,14,17H,3-4,12-13,19H2,1-2H3. The summed E-state index contributed by atoms with van der Waals surface area (Å²) >= 11 is 1.83. The van der Waals surface area contributed by atoms with Crippen LogP contribution in [0.1, 0.15) is 43.6 Å². The molecule has 0 spiro atoms. The Morgan fingerprint density at radius 1 is 1.05 bits per heavy atom. The topological polar surface area (TPSA) is 26.0 Å². The Morgan fingerprint density at radius 2 is 1.75 bits per heavy atom. The van der Waals surface area contributed by atoms with Crippen LogP contribution in [0.2, 0.25) is 0 Å². The van der Waals surface area contributed by atoms with Gasteiger partial charge in [-0.25, -0.2) is 0 Å².